The number of esters is 1. The number of carbonyl (C=O) groups is 3. The van der Waals surface area contributed by atoms with Crippen LogP contribution in [0.5, 0.6) is 0 Å². The summed E-state index contributed by atoms with van der Waals surface area (Å²) in [5.74, 6) is -1.17. The largest absolute Gasteiger partial charge is 0.464 e. The predicted molar refractivity (Wildman–Crippen MR) is 101 cm³/mol. The molecule has 26 heavy (non-hydrogen) atoms. The van der Waals surface area contributed by atoms with E-state index in [0.717, 1.165) is 23.0 Å². The second-order valence-electron chi connectivity index (χ2n) is 6.86. The molecule has 2 fully saturated rings. The molecule has 1 aromatic rings. The van der Waals surface area contributed by atoms with Crippen LogP contribution in [0.4, 0.5) is 5.69 Å². The van der Waals surface area contributed by atoms with Crippen molar-refractivity contribution in [1.29, 1.82) is 0 Å². The average Bonchev–Trinajstić information content (AvgIpc) is 3.23. The van der Waals surface area contributed by atoms with Gasteiger partial charge >= 0.3 is 5.97 Å². The Bertz CT molecular complexity index is 715. The van der Waals surface area contributed by atoms with E-state index in [-0.39, 0.29) is 30.8 Å². The van der Waals surface area contributed by atoms with Gasteiger partial charge in [-0.15, -0.1) is 0 Å². The molecule has 140 valence electrons. The summed E-state index contributed by atoms with van der Waals surface area (Å²) < 4.78 is 6.00. The molecule has 7 heteroatoms. The summed E-state index contributed by atoms with van der Waals surface area (Å²) in [6, 6.07) is 7.44. The first-order valence-corrected chi connectivity index (χ1v) is 9.80. The van der Waals surface area contributed by atoms with Crippen LogP contribution in [-0.4, -0.2) is 36.5 Å². The number of benzene rings is 1. The van der Waals surface area contributed by atoms with Crippen LogP contribution in [0.3, 0.4) is 0 Å². The minimum absolute atomic E-state index is 0.0892. The van der Waals surface area contributed by atoms with E-state index < -0.39 is 11.5 Å². The highest BCUT2D eigenvalue weighted by molar-refractivity contribution is 9.10. The number of hydrogen-bond acceptors (Lipinski definition) is 4. The summed E-state index contributed by atoms with van der Waals surface area (Å²) in [7, 11) is 0. The minimum Gasteiger partial charge on any atom is -0.464 e. The van der Waals surface area contributed by atoms with Crippen molar-refractivity contribution in [1.82, 2.24) is 5.32 Å². The molecule has 1 heterocycles. The van der Waals surface area contributed by atoms with Crippen LogP contribution in [0.25, 0.3) is 0 Å². The third-order valence-electron chi connectivity index (χ3n) is 5.12. The maximum absolute atomic E-state index is 12.8. The Hall–Kier alpha value is -1.89. The van der Waals surface area contributed by atoms with Crippen LogP contribution in [0.2, 0.25) is 0 Å². The first-order valence-electron chi connectivity index (χ1n) is 9.01. The van der Waals surface area contributed by atoms with Crippen molar-refractivity contribution in [2.45, 2.75) is 44.6 Å². The molecule has 2 amide bonds. The maximum Gasteiger partial charge on any atom is 0.331 e. The molecule has 1 saturated heterocycles. The molecular weight excluding hydrogens is 400 g/mol. The molecule has 1 aromatic carbocycles. The number of hydrogen-bond donors (Lipinski definition) is 1. The number of anilines is 1. The molecule has 0 spiro atoms. The number of carbonyl (C=O) groups excluding carboxylic acids is 3. The van der Waals surface area contributed by atoms with E-state index in [9.17, 15) is 14.4 Å². The average molecular weight is 423 g/mol. The molecule has 1 atom stereocenters. The lowest BCUT2D eigenvalue weighted by Gasteiger charge is -2.29. The lowest BCUT2D eigenvalue weighted by atomic mass is 9.95. The summed E-state index contributed by atoms with van der Waals surface area (Å²) >= 11 is 3.45. The number of halogens is 1. The van der Waals surface area contributed by atoms with Crippen LogP contribution >= 0.6 is 15.9 Å². The van der Waals surface area contributed by atoms with Crippen LogP contribution in [0, 0.1) is 5.92 Å². The Balaban J connectivity index is 1.71. The Labute approximate surface area is 161 Å². The van der Waals surface area contributed by atoms with Gasteiger partial charge in [0.2, 0.25) is 11.8 Å². The number of ether oxygens (including phenoxy) is 1. The summed E-state index contributed by atoms with van der Waals surface area (Å²) in [6.45, 7) is 2.36. The molecular formula is C19H23BrN2O4. The Morgan fingerprint density at radius 2 is 2.00 bits per heavy atom. The third-order valence-corrected chi connectivity index (χ3v) is 5.80. The zero-order valence-electron chi connectivity index (χ0n) is 14.8. The summed E-state index contributed by atoms with van der Waals surface area (Å²) in [4.78, 5) is 39.3. The van der Waals surface area contributed by atoms with Gasteiger partial charge in [-0.05, 0) is 47.8 Å². The number of rotatable bonds is 5. The number of para-hydroxylation sites is 1. The van der Waals surface area contributed by atoms with Crippen LogP contribution < -0.4 is 10.2 Å². The Morgan fingerprint density at radius 1 is 1.31 bits per heavy atom. The van der Waals surface area contributed by atoms with Crippen molar-refractivity contribution in [2.24, 2.45) is 5.92 Å². The quantitative estimate of drug-likeness (QED) is 0.740. The lowest BCUT2D eigenvalue weighted by molar-refractivity contribution is -0.153. The second-order valence-corrected chi connectivity index (χ2v) is 7.71. The highest BCUT2D eigenvalue weighted by Crippen LogP contribution is 2.34. The standard InChI is InChI=1S/C19H23BrN2O4/c1-2-26-18(25)19(9-5-6-10-19)21-17(24)13-11-16(23)22(12-13)15-8-4-3-7-14(15)20/h3-4,7-8,13H,2,5-6,9-12H2,1H3,(H,21,24). The summed E-state index contributed by atoms with van der Waals surface area (Å²) in [5.41, 5.74) is -0.176. The predicted octanol–water partition coefficient (Wildman–Crippen LogP) is 2.79. The fraction of sp³-hybridized carbons (Fsp3) is 0.526. The van der Waals surface area contributed by atoms with E-state index in [1.165, 1.54) is 0 Å². The van der Waals surface area contributed by atoms with Gasteiger partial charge in [0, 0.05) is 17.4 Å². The van der Waals surface area contributed by atoms with Gasteiger partial charge in [-0.1, -0.05) is 25.0 Å². The number of nitrogens with one attached hydrogen (secondary N) is 1. The molecule has 1 saturated carbocycles. The van der Waals surface area contributed by atoms with E-state index >= 15 is 0 Å². The van der Waals surface area contributed by atoms with Gasteiger partial charge in [0.25, 0.3) is 0 Å². The van der Waals surface area contributed by atoms with Gasteiger partial charge < -0.3 is 15.0 Å². The van der Waals surface area contributed by atoms with E-state index in [1.807, 2.05) is 24.3 Å². The third kappa shape index (κ3) is 3.63. The molecule has 0 bridgehead atoms. The summed E-state index contributed by atoms with van der Waals surface area (Å²) in [5, 5.41) is 2.92. The maximum atomic E-state index is 12.8. The Morgan fingerprint density at radius 3 is 2.65 bits per heavy atom. The highest BCUT2D eigenvalue weighted by atomic mass is 79.9. The van der Waals surface area contributed by atoms with E-state index in [4.69, 9.17) is 4.74 Å². The molecule has 1 aliphatic heterocycles. The van der Waals surface area contributed by atoms with Gasteiger partial charge in [0.1, 0.15) is 5.54 Å². The van der Waals surface area contributed by atoms with Crippen LogP contribution in [-0.2, 0) is 19.1 Å². The van der Waals surface area contributed by atoms with Crippen LogP contribution in [0.15, 0.2) is 28.7 Å². The van der Waals surface area contributed by atoms with Crippen molar-refractivity contribution in [3.05, 3.63) is 28.7 Å². The summed E-state index contributed by atoms with van der Waals surface area (Å²) in [6.07, 6.45) is 3.09. The molecule has 2 aliphatic rings. The van der Waals surface area contributed by atoms with Crippen molar-refractivity contribution in [3.63, 3.8) is 0 Å². The zero-order chi connectivity index (χ0) is 18.7. The van der Waals surface area contributed by atoms with Crippen molar-refractivity contribution >= 4 is 39.4 Å². The van der Waals surface area contributed by atoms with E-state index in [2.05, 4.69) is 21.2 Å². The minimum atomic E-state index is -0.934. The van der Waals surface area contributed by atoms with E-state index in [0.29, 0.717) is 19.4 Å². The lowest BCUT2D eigenvalue weighted by Crippen LogP contribution is -2.55. The molecule has 0 radical (unpaired) electrons. The molecule has 1 N–H and O–H groups in total. The second kappa shape index (κ2) is 7.78. The number of amides is 2. The van der Waals surface area contributed by atoms with Crippen molar-refractivity contribution in [2.75, 3.05) is 18.1 Å². The molecule has 1 aliphatic carbocycles. The fourth-order valence-corrected chi connectivity index (χ4v) is 4.25. The van der Waals surface area contributed by atoms with Gasteiger partial charge in [-0.25, -0.2) is 4.79 Å². The molecule has 0 aromatic heterocycles. The molecule has 3 rings (SSSR count). The van der Waals surface area contributed by atoms with Gasteiger partial charge in [-0.2, -0.15) is 0 Å². The number of nitrogens with zero attached hydrogens (tertiary/aromatic N) is 1. The molecule has 1 unspecified atom stereocenters. The fourth-order valence-electron chi connectivity index (χ4n) is 3.75. The normalized spacial score (nSPS) is 21.7. The van der Waals surface area contributed by atoms with Crippen molar-refractivity contribution < 1.29 is 19.1 Å². The van der Waals surface area contributed by atoms with Gasteiger partial charge in [-0.3, -0.25) is 9.59 Å². The van der Waals surface area contributed by atoms with Crippen molar-refractivity contribution in [3.8, 4) is 0 Å². The zero-order valence-corrected chi connectivity index (χ0v) is 16.4. The topological polar surface area (TPSA) is 75.7 Å². The SMILES string of the molecule is CCOC(=O)C1(NC(=O)C2CC(=O)N(c3ccccc3Br)C2)CCCC1. The smallest absolute Gasteiger partial charge is 0.331 e. The first kappa shape index (κ1) is 18.9. The Kier molecular flexibility index (Phi) is 5.65. The highest BCUT2D eigenvalue weighted by Gasteiger charge is 2.46. The molecule has 6 nitrogen and oxygen atoms in total. The van der Waals surface area contributed by atoms with Gasteiger partial charge in [0.05, 0.1) is 18.2 Å². The van der Waals surface area contributed by atoms with Crippen LogP contribution in [0.1, 0.15) is 39.0 Å². The monoisotopic (exact) mass is 422 g/mol. The first-order chi connectivity index (χ1) is 12.5. The van der Waals surface area contributed by atoms with Gasteiger partial charge in [0.15, 0.2) is 0 Å². The van der Waals surface area contributed by atoms with E-state index in [1.54, 1.807) is 11.8 Å².